The van der Waals surface area contributed by atoms with E-state index in [0.29, 0.717) is 0 Å². The van der Waals surface area contributed by atoms with E-state index in [1.807, 2.05) is 5.32 Å². The predicted octanol–water partition coefficient (Wildman–Crippen LogP) is 3.80. The first-order valence-electron chi connectivity index (χ1n) is 9.83. The number of hydrogen-bond acceptors (Lipinski definition) is 6. The van der Waals surface area contributed by atoms with Gasteiger partial charge in [0.2, 0.25) is 5.78 Å². The number of ketones is 1. The number of urea groups is 1. The number of aliphatic hydroxyl groups is 1. The molecule has 9 nitrogen and oxygen atoms in total. The fraction of sp³-hybridized carbons (Fsp3) is 0.182. The first kappa shape index (κ1) is 23.0. The molecule has 3 aromatic rings. The van der Waals surface area contributed by atoms with Gasteiger partial charge in [-0.3, -0.25) is 14.9 Å². The Morgan fingerprint density at radius 1 is 1.09 bits per heavy atom. The summed E-state index contributed by atoms with van der Waals surface area (Å²) in [6.45, 7) is 0. The number of nitro benzene ring substituents is 1. The number of furan rings is 1. The van der Waals surface area contributed by atoms with Crippen LogP contribution in [-0.2, 0) is 10.5 Å². The molecule has 0 bridgehead atoms. The second-order valence-corrected chi connectivity index (χ2v) is 7.56. The van der Waals surface area contributed by atoms with Gasteiger partial charge in [-0.1, -0.05) is 42.5 Å². The highest BCUT2D eigenvalue weighted by Crippen LogP contribution is 2.43. The zero-order valence-corrected chi connectivity index (χ0v) is 17.1. The highest BCUT2D eigenvalue weighted by molar-refractivity contribution is 5.91. The van der Waals surface area contributed by atoms with Gasteiger partial charge in [0.1, 0.15) is 23.5 Å². The molecule has 2 aromatic carbocycles. The summed E-state index contributed by atoms with van der Waals surface area (Å²) in [6.07, 6.45) is -5.34. The first-order chi connectivity index (χ1) is 16.0. The van der Waals surface area contributed by atoms with Crippen LogP contribution in [0, 0.1) is 16.0 Å². The van der Waals surface area contributed by atoms with E-state index >= 15 is 0 Å². The quantitative estimate of drug-likeness (QED) is 0.380. The summed E-state index contributed by atoms with van der Waals surface area (Å²) in [5.74, 6) is -4.75. The lowest BCUT2D eigenvalue weighted by molar-refractivity contribution is -0.384. The summed E-state index contributed by atoms with van der Waals surface area (Å²) in [4.78, 5) is 35.3. The topological polar surface area (TPSA) is 135 Å². The molecule has 176 valence electrons. The van der Waals surface area contributed by atoms with Gasteiger partial charge in [-0.15, -0.1) is 0 Å². The van der Waals surface area contributed by atoms with Gasteiger partial charge in [-0.05, 0) is 12.1 Å². The molecule has 1 aliphatic rings. The van der Waals surface area contributed by atoms with Crippen LogP contribution in [0.5, 0.6) is 0 Å². The summed E-state index contributed by atoms with van der Waals surface area (Å²) < 4.78 is 46.3. The molecule has 4 rings (SSSR count). The van der Waals surface area contributed by atoms with Crippen LogP contribution in [0.4, 0.5) is 23.7 Å². The average Bonchev–Trinajstić information content (AvgIpc) is 3.28. The van der Waals surface area contributed by atoms with Crippen LogP contribution in [0.3, 0.4) is 0 Å². The molecule has 0 saturated carbocycles. The number of alkyl halides is 3. The fourth-order valence-corrected chi connectivity index (χ4v) is 3.90. The second-order valence-electron chi connectivity index (χ2n) is 7.56. The standard InChI is InChI=1S/C22H16F3N3O6/c23-22(24,25)19(29)17-18(26-20(30)27-21(17,31)13-6-2-1-3-7-13)16-10-9-15(34-16)12-5-4-8-14(11-12)28(32)33/h1-11,17-18,31H,(H2,26,27,30)/t17-,18-,21-/m1/s1. The molecule has 2 heterocycles. The van der Waals surface area contributed by atoms with Crippen molar-refractivity contribution in [3.8, 4) is 11.3 Å². The summed E-state index contributed by atoms with van der Waals surface area (Å²) in [7, 11) is 0. The summed E-state index contributed by atoms with van der Waals surface area (Å²) in [5, 5.41) is 26.6. The minimum absolute atomic E-state index is 0.0490. The maximum atomic E-state index is 13.6. The minimum Gasteiger partial charge on any atom is -0.459 e. The van der Waals surface area contributed by atoms with Gasteiger partial charge < -0.3 is 20.2 Å². The van der Waals surface area contributed by atoms with E-state index in [0.717, 1.165) is 0 Å². The van der Waals surface area contributed by atoms with Gasteiger partial charge in [0, 0.05) is 23.3 Å². The highest BCUT2D eigenvalue weighted by atomic mass is 19.4. The lowest BCUT2D eigenvalue weighted by atomic mass is 9.77. The highest BCUT2D eigenvalue weighted by Gasteiger charge is 2.60. The molecular formula is C22H16F3N3O6. The Bertz CT molecular complexity index is 1260. The number of rotatable bonds is 5. The van der Waals surface area contributed by atoms with E-state index in [9.17, 15) is 38.0 Å². The molecular weight excluding hydrogens is 459 g/mol. The molecule has 3 N–H and O–H groups in total. The summed E-state index contributed by atoms with van der Waals surface area (Å²) in [6, 6.07) is 12.1. The maximum Gasteiger partial charge on any atom is 0.450 e. The number of carbonyl (C=O) groups is 2. The number of nitrogens with one attached hydrogen (secondary N) is 2. The third-order valence-electron chi connectivity index (χ3n) is 5.42. The van der Waals surface area contributed by atoms with E-state index in [1.54, 1.807) is 6.07 Å². The molecule has 0 aliphatic carbocycles. The van der Waals surface area contributed by atoms with Crippen molar-refractivity contribution in [1.82, 2.24) is 10.6 Å². The number of nitro groups is 1. The van der Waals surface area contributed by atoms with Crippen molar-refractivity contribution < 1.29 is 37.2 Å². The summed E-state index contributed by atoms with van der Waals surface area (Å²) >= 11 is 0. The number of halogens is 3. The number of hydrogen-bond donors (Lipinski definition) is 3. The SMILES string of the molecule is O=C1N[C@H](c2ccc(-c3cccc([N+](=O)[O-])c3)o2)[C@H](C(=O)C(F)(F)F)[C@](O)(c2ccccc2)N1. The van der Waals surface area contributed by atoms with Crippen molar-refractivity contribution in [2.24, 2.45) is 5.92 Å². The van der Waals surface area contributed by atoms with E-state index < -0.39 is 40.6 Å². The number of nitrogens with zero attached hydrogens (tertiary/aromatic N) is 1. The normalized spacial score (nSPS) is 22.5. The molecule has 2 amide bonds. The second kappa shape index (κ2) is 8.30. The van der Waals surface area contributed by atoms with E-state index in [4.69, 9.17) is 4.42 Å². The van der Waals surface area contributed by atoms with E-state index in [-0.39, 0.29) is 28.3 Å². The molecule has 1 fully saturated rings. The van der Waals surface area contributed by atoms with Gasteiger partial charge in [0.15, 0.2) is 5.72 Å². The molecule has 1 saturated heterocycles. The Labute approximate surface area is 189 Å². The van der Waals surface area contributed by atoms with Crippen molar-refractivity contribution >= 4 is 17.5 Å². The molecule has 1 aromatic heterocycles. The molecule has 0 spiro atoms. The third-order valence-corrected chi connectivity index (χ3v) is 5.42. The minimum atomic E-state index is -5.34. The number of Topliss-reactive ketones (excluding diaryl/α,β-unsaturated/α-hetero) is 1. The first-order valence-corrected chi connectivity index (χ1v) is 9.83. The largest absolute Gasteiger partial charge is 0.459 e. The van der Waals surface area contributed by atoms with Crippen LogP contribution in [-0.4, -0.2) is 28.0 Å². The molecule has 0 radical (unpaired) electrons. The summed E-state index contributed by atoms with van der Waals surface area (Å²) in [5.41, 5.74) is -2.84. The zero-order chi connectivity index (χ0) is 24.7. The molecule has 12 heteroatoms. The van der Waals surface area contributed by atoms with Crippen LogP contribution >= 0.6 is 0 Å². The smallest absolute Gasteiger partial charge is 0.450 e. The average molecular weight is 475 g/mol. The van der Waals surface area contributed by atoms with Gasteiger partial charge in [-0.2, -0.15) is 13.2 Å². The van der Waals surface area contributed by atoms with Crippen molar-refractivity contribution in [1.29, 1.82) is 0 Å². The van der Waals surface area contributed by atoms with E-state index in [1.165, 1.54) is 60.7 Å². The Balaban J connectivity index is 1.81. The Kier molecular flexibility index (Phi) is 5.61. The van der Waals surface area contributed by atoms with Crippen LogP contribution in [0.25, 0.3) is 11.3 Å². The number of carbonyl (C=O) groups excluding carboxylic acids is 2. The van der Waals surface area contributed by atoms with Crippen molar-refractivity contribution in [2.75, 3.05) is 0 Å². The lowest BCUT2D eigenvalue weighted by Gasteiger charge is -2.44. The van der Waals surface area contributed by atoms with Gasteiger partial charge in [0.05, 0.1) is 4.92 Å². The van der Waals surface area contributed by atoms with Gasteiger partial charge >= 0.3 is 12.2 Å². The number of benzene rings is 2. The molecule has 3 atom stereocenters. The van der Waals surface area contributed by atoms with Crippen LogP contribution < -0.4 is 10.6 Å². The number of non-ortho nitro benzene ring substituents is 1. The molecule has 1 aliphatic heterocycles. The molecule has 34 heavy (non-hydrogen) atoms. The van der Waals surface area contributed by atoms with Gasteiger partial charge in [-0.25, -0.2) is 4.79 Å². The number of amides is 2. The Hall–Kier alpha value is -4.19. The lowest BCUT2D eigenvalue weighted by Crippen LogP contribution is -2.66. The van der Waals surface area contributed by atoms with Crippen LogP contribution in [0.2, 0.25) is 0 Å². The zero-order valence-electron chi connectivity index (χ0n) is 17.1. The van der Waals surface area contributed by atoms with Crippen molar-refractivity contribution in [2.45, 2.75) is 17.9 Å². The molecule has 0 unspecified atom stereocenters. The Morgan fingerprint density at radius 3 is 2.44 bits per heavy atom. The van der Waals surface area contributed by atoms with Crippen molar-refractivity contribution in [3.63, 3.8) is 0 Å². The fourth-order valence-electron chi connectivity index (χ4n) is 3.90. The van der Waals surface area contributed by atoms with E-state index in [2.05, 4.69) is 5.32 Å². The third kappa shape index (κ3) is 4.10. The Morgan fingerprint density at radius 2 is 1.79 bits per heavy atom. The van der Waals surface area contributed by atoms with Crippen molar-refractivity contribution in [3.05, 3.63) is 88.2 Å². The van der Waals surface area contributed by atoms with Crippen LogP contribution in [0.1, 0.15) is 17.4 Å². The van der Waals surface area contributed by atoms with Gasteiger partial charge in [0.25, 0.3) is 5.69 Å². The van der Waals surface area contributed by atoms with Crippen LogP contribution in [0.15, 0.2) is 71.1 Å². The monoisotopic (exact) mass is 475 g/mol. The predicted molar refractivity (Wildman–Crippen MR) is 110 cm³/mol. The maximum absolute atomic E-state index is 13.6.